The highest BCUT2D eigenvalue weighted by atomic mass is 79.9. The molecule has 0 bridgehead atoms. The van der Waals surface area contributed by atoms with Crippen LogP contribution >= 0.6 is 27.5 Å². The average Bonchev–Trinajstić information content (AvgIpc) is 2.70. The minimum atomic E-state index is -0.805. The second-order valence-electron chi connectivity index (χ2n) is 5.46. The molecule has 0 aliphatic carbocycles. The van der Waals surface area contributed by atoms with E-state index in [1.54, 1.807) is 18.2 Å². The van der Waals surface area contributed by atoms with Gasteiger partial charge < -0.3 is 18.9 Å². The fourth-order valence-electron chi connectivity index (χ4n) is 2.32. The molecule has 0 unspecified atom stereocenters. The first kappa shape index (κ1) is 21.8. The largest absolute Gasteiger partial charge is 0.493 e. The van der Waals surface area contributed by atoms with Gasteiger partial charge in [0.05, 0.1) is 25.8 Å². The summed E-state index contributed by atoms with van der Waals surface area (Å²) in [5, 5.41) is 0.595. The summed E-state index contributed by atoms with van der Waals surface area (Å²) >= 11 is 9.58. The molecule has 2 aromatic rings. The predicted molar refractivity (Wildman–Crippen MR) is 108 cm³/mol. The Morgan fingerprint density at radius 3 is 2.29 bits per heavy atom. The number of rotatable bonds is 7. The molecule has 0 aliphatic heterocycles. The molecule has 148 valence electrons. The summed E-state index contributed by atoms with van der Waals surface area (Å²) in [5.74, 6) is -0.749. The van der Waals surface area contributed by atoms with Crippen LogP contribution in [0.1, 0.15) is 11.1 Å². The lowest BCUT2D eigenvalue weighted by Gasteiger charge is -2.14. The average molecular weight is 470 g/mol. The van der Waals surface area contributed by atoms with Crippen molar-refractivity contribution >= 4 is 45.5 Å². The first-order chi connectivity index (χ1) is 13.4. The van der Waals surface area contributed by atoms with Crippen LogP contribution in [0, 0.1) is 0 Å². The van der Waals surface area contributed by atoms with Crippen molar-refractivity contribution in [2.24, 2.45) is 0 Å². The number of halogens is 2. The third kappa shape index (κ3) is 5.27. The number of carbonyl (C=O) groups is 2. The lowest BCUT2D eigenvalue weighted by molar-refractivity contribution is -0.143. The van der Waals surface area contributed by atoms with E-state index in [4.69, 9.17) is 21.1 Å². The second kappa shape index (κ2) is 10.1. The molecular weight excluding hydrogens is 452 g/mol. The van der Waals surface area contributed by atoms with E-state index in [9.17, 15) is 9.59 Å². The molecule has 0 N–H and O–H groups in total. The number of hydrogen-bond donors (Lipinski definition) is 0. The van der Waals surface area contributed by atoms with Gasteiger partial charge in [-0.25, -0.2) is 9.59 Å². The first-order valence-corrected chi connectivity index (χ1v) is 9.20. The monoisotopic (exact) mass is 468 g/mol. The highest BCUT2D eigenvalue weighted by Crippen LogP contribution is 2.38. The summed E-state index contributed by atoms with van der Waals surface area (Å²) in [5.41, 5.74) is 1.09. The van der Waals surface area contributed by atoms with Gasteiger partial charge in [0.1, 0.15) is 12.2 Å². The maximum absolute atomic E-state index is 11.8. The number of benzene rings is 2. The van der Waals surface area contributed by atoms with Crippen LogP contribution in [0.4, 0.5) is 0 Å². The molecule has 0 radical (unpaired) electrons. The Morgan fingerprint density at radius 1 is 1.07 bits per heavy atom. The van der Waals surface area contributed by atoms with Crippen LogP contribution in [-0.2, 0) is 25.7 Å². The van der Waals surface area contributed by atoms with Crippen molar-refractivity contribution in [2.45, 2.75) is 6.61 Å². The normalized spacial score (nSPS) is 10.0. The quantitative estimate of drug-likeness (QED) is 0.259. The Balaban J connectivity index is 2.37. The third-order valence-corrected chi connectivity index (χ3v) is 4.66. The molecule has 0 spiro atoms. The van der Waals surface area contributed by atoms with Gasteiger partial charge in [0.2, 0.25) is 0 Å². The topological polar surface area (TPSA) is 71.1 Å². The summed E-state index contributed by atoms with van der Waals surface area (Å²) in [7, 11) is 3.85. The molecule has 0 atom stereocenters. The fourth-order valence-corrected chi connectivity index (χ4v) is 3.08. The smallest absolute Gasteiger partial charge is 0.345 e. The van der Waals surface area contributed by atoms with Crippen LogP contribution in [0.5, 0.6) is 11.5 Å². The Labute approximate surface area is 176 Å². The summed E-state index contributed by atoms with van der Waals surface area (Å²) in [6, 6.07) is 10.6. The van der Waals surface area contributed by atoms with Gasteiger partial charge in [0, 0.05) is 10.6 Å². The van der Waals surface area contributed by atoms with Gasteiger partial charge in [0.15, 0.2) is 11.5 Å². The second-order valence-corrected chi connectivity index (χ2v) is 6.72. The van der Waals surface area contributed by atoms with Crippen molar-refractivity contribution in [3.63, 3.8) is 0 Å². The molecule has 0 aromatic heterocycles. The van der Waals surface area contributed by atoms with Gasteiger partial charge in [-0.2, -0.15) is 0 Å². The number of methoxy groups -OCH3 is 3. The summed E-state index contributed by atoms with van der Waals surface area (Å²) < 4.78 is 21.1. The molecule has 0 saturated heterocycles. The zero-order valence-electron chi connectivity index (χ0n) is 15.5. The number of esters is 2. The minimum Gasteiger partial charge on any atom is -0.493 e. The van der Waals surface area contributed by atoms with Gasteiger partial charge >= 0.3 is 11.9 Å². The van der Waals surface area contributed by atoms with Crippen LogP contribution in [0.25, 0.3) is 6.08 Å². The Morgan fingerprint density at radius 2 is 1.71 bits per heavy atom. The lowest BCUT2D eigenvalue weighted by Crippen LogP contribution is -2.15. The Kier molecular flexibility index (Phi) is 7.90. The number of carbonyl (C=O) groups excluding carboxylic acids is 2. The van der Waals surface area contributed by atoms with Crippen molar-refractivity contribution in [3.8, 4) is 11.5 Å². The molecule has 0 amide bonds. The Hall–Kier alpha value is -2.51. The van der Waals surface area contributed by atoms with E-state index in [0.717, 1.165) is 5.56 Å². The molecule has 6 nitrogen and oxygen atoms in total. The zero-order chi connectivity index (χ0) is 20.7. The molecule has 2 aromatic carbocycles. The van der Waals surface area contributed by atoms with Gasteiger partial charge in [0.25, 0.3) is 0 Å². The van der Waals surface area contributed by atoms with Crippen LogP contribution in [0.2, 0.25) is 5.02 Å². The van der Waals surface area contributed by atoms with Crippen molar-refractivity contribution in [2.75, 3.05) is 21.3 Å². The maximum Gasteiger partial charge on any atom is 0.345 e. The zero-order valence-corrected chi connectivity index (χ0v) is 17.8. The van der Waals surface area contributed by atoms with E-state index in [1.807, 2.05) is 18.2 Å². The van der Waals surface area contributed by atoms with Crippen LogP contribution in [0.3, 0.4) is 0 Å². The Bertz CT molecular complexity index is 892. The summed E-state index contributed by atoms with van der Waals surface area (Å²) in [6.07, 6.45) is 1.35. The number of hydrogen-bond acceptors (Lipinski definition) is 6. The standard InChI is InChI=1S/C20H18BrClO6/c1-25-17-10-12(8-14(19(23)26-2)20(24)27-3)9-15(21)18(17)28-11-13-6-4-5-7-16(13)22/h4-10H,11H2,1-3H3. The summed E-state index contributed by atoms with van der Waals surface area (Å²) in [6.45, 7) is 0.236. The van der Waals surface area contributed by atoms with E-state index in [2.05, 4.69) is 25.4 Å². The molecule has 0 fully saturated rings. The highest BCUT2D eigenvalue weighted by Gasteiger charge is 2.21. The lowest BCUT2D eigenvalue weighted by atomic mass is 10.1. The van der Waals surface area contributed by atoms with Gasteiger partial charge in [-0.1, -0.05) is 29.8 Å². The van der Waals surface area contributed by atoms with E-state index >= 15 is 0 Å². The van der Waals surface area contributed by atoms with Crippen molar-refractivity contribution in [1.29, 1.82) is 0 Å². The predicted octanol–water partition coefficient (Wildman–Crippen LogP) is 4.42. The van der Waals surface area contributed by atoms with E-state index < -0.39 is 11.9 Å². The van der Waals surface area contributed by atoms with Crippen molar-refractivity contribution < 1.29 is 28.5 Å². The third-order valence-electron chi connectivity index (χ3n) is 3.70. The van der Waals surface area contributed by atoms with E-state index in [-0.39, 0.29) is 12.2 Å². The van der Waals surface area contributed by atoms with Crippen molar-refractivity contribution in [3.05, 3.63) is 62.6 Å². The minimum absolute atomic E-state index is 0.236. The molecule has 0 aliphatic rings. The van der Waals surface area contributed by atoms with Gasteiger partial charge in [-0.15, -0.1) is 0 Å². The molecule has 28 heavy (non-hydrogen) atoms. The van der Waals surface area contributed by atoms with E-state index in [1.165, 1.54) is 27.4 Å². The fraction of sp³-hybridized carbons (Fsp3) is 0.200. The molecular formula is C20H18BrClO6. The molecule has 0 heterocycles. The van der Waals surface area contributed by atoms with Crippen molar-refractivity contribution in [1.82, 2.24) is 0 Å². The summed E-state index contributed by atoms with van der Waals surface area (Å²) in [4.78, 5) is 23.7. The first-order valence-electron chi connectivity index (χ1n) is 8.03. The molecule has 8 heteroatoms. The molecule has 0 saturated carbocycles. The maximum atomic E-state index is 11.8. The van der Waals surface area contributed by atoms with Crippen LogP contribution < -0.4 is 9.47 Å². The SMILES string of the molecule is COC(=O)C(=Cc1cc(Br)c(OCc2ccccc2Cl)c(OC)c1)C(=O)OC. The molecule has 2 rings (SSSR count). The highest BCUT2D eigenvalue weighted by molar-refractivity contribution is 9.10. The van der Waals surface area contributed by atoms with Gasteiger partial charge in [-0.3, -0.25) is 0 Å². The van der Waals surface area contributed by atoms with Gasteiger partial charge in [-0.05, 0) is 45.8 Å². The van der Waals surface area contributed by atoms with E-state index in [0.29, 0.717) is 26.6 Å². The number of ether oxygens (including phenoxy) is 4. The van der Waals surface area contributed by atoms with Crippen LogP contribution in [0.15, 0.2) is 46.4 Å². The van der Waals surface area contributed by atoms with Crippen LogP contribution in [-0.4, -0.2) is 33.3 Å².